The zero-order chi connectivity index (χ0) is 22.1. The van der Waals surface area contributed by atoms with Crippen LogP contribution in [0.5, 0.6) is 11.5 Å². The minimum absolute atomic E-state index is 0.222. The number of anilines is 1. The van der Waals surface area contributed by atoms with Crippen LogP contribution in [0.4, 0.5) is 10.5 Å². The van der Waals surface area contributed by atoms with Gasteiger partial charge in [0.1, 0.15) is 11.5 Å². The number of benzene rings is 2. The number of nitrogens with one attached hydrogen (secondary N) is 1. The number of methoxy groups -OCH3 is 3. The van der Waals surface area contributed by atoms with Gasteiger partial charge in [-0.05, 0) is 17.7 Å². The zero-order valence-corrected chi connectivity index (χ0v) is 18.2. The third kappa shape index (κ3) is 6.26. The maximum atomic E-state index is 13.1. The van der Waals surface area contributed by atoms with E-state index in [0.29, 0.717) is 36.9 Å². The lowest BCUT2D eigenvalue weighted by atomic mass is 10.2. The molecule has 7 nitrogen and oxygen atoms in total. The lowest BCUT2D eigenvalue weighted by molar-refractivity contribution is 0.152. The summed E-state index contributed by atoms with van der Waals surface area (Å²) >= 11 is 0. The molecule has 2 amide bonds. The summed E-state index contributed by atoms with van der Waals surface area (Å²) in [4.78, 5) is 14.8. The van der Waals surface area contributed by atoms with Gasteiger partial charge in [0.15, 0.2) is 0 Å². The van der Waals surface area contributed by atoms with Gasteiger partial charge < -0.3 is 29.0 Å². The number of carbonyl (C=O) groups excluding carboxylic acids is 1. The van der Waals surface area contributed by atoms with Gasteiger partial charge in [-0.1, -0.05) is 30.3 Å². The second-order valence-electron chi connectivity index (χ2n) is 7.06. The summed E-state index contributed by atoms with van der Waals surface area (Å²) in [5.41, 5.74) is 2.85. The topological polar surface area (TPSA) is 65.0 Å². The SMILES string of the molecule is COCCN(Cc1cccn1Cc1ccccc1)C(=O)Nc1cc(OC)cc(OC)c1. The van der Waals surface area contributed by atoms with Crippen molar-refractivity contribution in [1.29, 1.82) is 0 Å². The van der Waals surface area contributed by atoms with Gasteiger partial charge in [0.05, 0.1) is 27.4 Å². The summed E-state index contributed by atoms with van der Waals surface area (Å²) in [7, 11) is 4.78. The molecular weight excluding hydrogens is 394 g/mol. The average molecular weight is 424 g/mol. The molecule has 0 radical (unpaired) electrons. The minimum Gasteiger partial charge on any atom is -0.497 e. The van der Waals surface area contributed by atoms with Crippen LogP contribution in [0.2, 0.25) is 0 Å². The van der Waals surface area contributed by atoms with Gasteiger partial charge in [-0.2, -0.15) is 0 Å². The van der Waals surface area contributed by atoms with Crippen molar-refractivity contribution in [2.45, 2.75) is 13.1 Å². The van der Waals surface area contributed by atoms with Crippen molar-refractivity contribution in [3.63, 3.8) is 0 Å². The van der Waals surface area contributed by atoms with Crippen molar-refractivity contribution in [2.24, 2.45) is 0 Å². The molecule has 31 heavy (non-hydrogen) atoms. The quantitative estimate of drug-likeness (QED) is 0.530. The van der Waals surface area contributed by atoms with Crippen molar-refractivity contribution in [3.05, 3.63) is 78.1 Å². The highest BCUT2D eigenvalue weighted by atomic mass is 16.5. The number of urea groups is 1. The molecule has 3 aromatic rings. The maximum Gasteiger partial charge on any atom is 0.322 e. The van der Waals surface area contributed by atoms with Gasteiger partial charge >= 0.3 is 6.03 Å². The van der Waals surface area contributed by atoms with E-state index in [1.165, 1.54) is 5.56 Å². The predicted octanol–water partition coefficient (Wildman–Crippen LogP) is 4.23. The molecule has 1 heterocycles. The number of amides is 2. The average Bonchev–Trinajstić information content (AvgIpc) is 3.23. The van der Waals surface area contributed by atoms with Crippen molar-refractivity contribution in [1.82, 2.24) is 9.47 Å². The van der Waals surface area contributed by atoms with Crippen LogP contribution in [0, 0.1) is 0 Å². The highest BCUT2D eigenvalue weighted by Crippen LogP contribution is 2.26. The van der Waals surface area contributed by atoms with Gasteiger partial charge in [0.2, 0.25) is 0 Å². The first-order valence-electron chi connectivity index (χ1n) is 10.1. The standard InChI is InChI=1S/C24H29N3O4/c1-29-13-12-27(24(28)25-20-14-22(30-2)16-23(15-20)31-3)18-21-10-7-11-26(21)17-19-8-5-4-6-9-19/h4-11,14-16H,12-13,17-18H2,1-3H3,(H,25,28). The van der Waals surface area contributed by atoms with Gasteiger partial charge in [-0.3, -0.25) is 0 Å². The Bertz CT molecular complexity index is 950. The van der Waals surface area contributed by atoms with E-state index in [0.717, 1.165) is 12.2 Å². The first kappa shape index (κ1) is 22.2. The Morgan fingerprint density at radius 2 is 1.68 bits per heavy atom. The van der Waals surface area contributed by atoms with Crippen molar-refractivity contribution in [3.8, 4) is 11.5 Å². The van der Waals surface area contributed by atoms with Crippen molar-refractivity contribution in [2.75, 3.05) is 39.8 Å². The van der Waals surface area contributed by atoms with Crippen molar-refractivity contribution < 1.29 is 19.0 Å². The van der Waals surface area contributed by atoms with E-state index in [-0.39, 0.29) is 6.03 Å². The zero-order valence-electron chi connectivity index (χ0n) is 18.2. The Balaban J connectivity index is 1.75. The molecule has 2 aromatic carbocycles. The van der Waals surface area contributed by atoms with Crippen LogP contribution in [0.25, 0.3) is 0 Å². The molecule has 1 aromatic heterocycles. The summed E-state index contributed by atoms with van der Waals surface area (Å²) in [6.07, 6.45) is 2.03. The highest BCUT2D eigenvalue weighted by Gasteiger charge is 2.17. The Labute approximate surface area is 183 Å². The van der Waals surface area contributed by atoms with E-state index in [9.17, 15) is 4.79 Å². The molecule has 0 bridgehead atoms. The highest BCUT2D eigenvalue weighted by molar-refractivity contribution is 5.89. The van der Waals surface area contributed by atoms with E-state index in [2.05, 4.69) is 22.0 Å². The van der Waals surface area contributed by atoms with Crippen LogP contribution in [0.15, 0.2) is 66.9 Å². The van der Waals surface area contributed by atoms with Crippen LogP contribution >= 0.6 is 0 Å². The molecule has 1 N–H and O–H groups in total. The number of rotatable bonds is 10. The molecule has 3 rings (SSSR count). The Morgan fingerprint density at radius 1 is 0.968 bits per heavy atom. The monoisotopic (exact) mass is 423 g/mol. The number of nitrogens with zero attached hydrogens (tertiary/aromatic N) is 2. The molecule has 164 valence electrons. The van der Waals surface area contributed by atoms with Crippen LogP contribution < -0.4 is 14.8 Å². The smallest absolute Gasteiger partial charge is 0.322 e. The molecular formula is C24H29N3O4. The summed E-state index contributed by atoms with van der Waals surface area (Å²) in [5, 5.41) is 2.94. The van der Waals surface area contributed by atoms with E-state index in [1.807, 2.05) is 36.5 Å². The molecule has 0 aliphatic heterocycles. The van der Waals surface area contributed by atoms with Gasteiger partial charge in [0, 0.05) is 56.0 Å². The molecule has 0 atom stereocenters. The van der Waals surface area contributed by atoms with E-state index >= 15 is 0 Å². The summed E-state index contributed by atoms with van der Waals surface area (Å²) in [5.74, 6) is 1.21. The largest absolute Gasteiger partial charge is 0.497 e. The fraction of sp³-hybridized carbons (Fsp3) is 0.292. The molecule has 7 heteroatoms. The van der Waals surface area contributed by atoms with Crippen LogP contribution in [0.3, 0.4) is 0 Å². The number of hydrogen-bond donors (Lipinski definition) is 1. The Kier molecular flexibility index (Phi) is 7.95. The molecule has 0 unspecified atom stereocenters. The summed E-state index contributed by atoms with van der Waals surface area (Å²) < 4.78 is 18.0. The Morgan fingerprint density at radius 3 is 2.32 bits per heavy atom. The molecule has 0 saturated heterocycles. The minimum atomic E-state index is -0.222. The number of aromatic nitrogens is 1. The fourth-order valence-corrected chi connectivity index (χ4v) is 3.26. The van der Waals surface area contributed by atoms with Crippen LogP contribution in [-0.2, 0) is 17.8 Å². The third-order valence-electron chi connectivity index (χ3n) is 4.93. The first-order chi connectivity index (χ1) is 15.1. The molecule has 0 aliphatic carbocycles. The van der Waals surface area contributed by atoms with Crippen molar-refractivity contribution >= 4 is 11.7 Å². The van der Waals surface area contributed by atoms with E-state index < -0.39 is 0 Å². The third-order valence-corrected chi connectivity index (χ3v) is 4.93. The lowest BCUT2D eigenvalue weighted by Crippen LogP contribution is -2.37. The second kappa shape index (κ2) is 11.1. The fourth-order valence-electron chi connectivity index (χ4n) is 3.26. The maximum absolute atomic E-state index is 13.1. The summed E-state index contributed by atoms with van der Waals surface area (Å²) in [6.45, 7) is 2.10. The lowest BCUT2D eigenvalue weighted by Gasteiger charge is -2.24. The van der Waals surface area contributed by atoms with Gasteiger partial charge in [-0.25, -0.2) is 4.79 Å². The number of hydrogen-bond acceptors (Lipinski definition) is 4. The molecule has 0 aliphatic rings. The Hall–Kier alpha value is -3.45. The van der Waals surface area contributed by atoms with E-state index in [4.69, 9.17) is 14.2 Å². The van der Waals surface area contributed by atoms with Gasteiger partial charge in [-0.15, -0.1) is 0 Å². The second-order valence-corrected chi connectivity index (χ2v) is 7.06. The predicted molar refractivity (Wildman–Crippen MR) is 121 cm³/mol. The molecule has 0 spiro atoms. The summed E-state index contributed by atoms with van der Waals surface area (Å²) in [6, 6.07) is 19.3. The molecule has 0 saturated carbocycles. The van der Waals surface area contributed by atoms with Gasteiger partial charge in [0.25, 0.3) is 0 Å². The normalized spacial score (nSPS) is 10.5. The van der Waals surface area contributed by atoms with Crippen LogP contribution in [-0.4, -0.2) is 50.0 Å². The van der Waals surface area contributed by atoms with Crippen LogP contribution in [0.1, 0.15) is 11.3 Å². The first-order valence-corrected chi connectivity index (χ1v) is 10.1. The number of ether oxygens (including phenoxy) is 3. The molecule has 0 fully saturated rings. The number of carbonyl (C=O) groups is 1. The van der Waals surface area contributed by atoms with E-state index in [1.54, 1.807) is 44.4 Å².